The third kappa shape index (κ3) is 4.53. The van der Waals surface area contributed by atoms with Crippen LogP contribution in [0.1, 0.15) is 20.3 Å². The first-order valence-electron chi connectivity index (χ1n) is 3.62. The zero-order valence-electron chi connectivity index (χ0n) is 6.96. The van der Waals surface area contributed by atoms with Crippen molar-refractivity contribution in [2.75, 3.05) is 13.7 Å². The molecular formula is C8H16O2. The van der Waals surface area contributed by atoms with Crippen molar-refractivity contribution in [3.8, 4) is 0 Å². The van der Waals surface area contributed by atoms with Crippen molar-refractivity contribution in [2.45, 2.75) is 26.6 Å². The van der Waals surface area contributed by atoms with Crippen LogP contribution in [0.15, 0.2) is 12.2 Å². The quantitative estimate of drug-likeness (QED) is 0.434. The van der Waals surface area contributed by atoms with Gasteiger partial charge in [0, 0.05) is 13.7 Å². The highest BCUT2D eigenvalue weighted by atomic mass is 16.7. The van der Waals surface area contributed by atoms with Gasteiger partial charge in [-0.3, -0.25) is 0 Å². The number of hydrogen-bond donors (Lipinski definition) is 0. The molecule has 0 saturated carbocycles. The molecule has 60 valence electrons. The average Bonchev–Trinajstić information content (AvgIpc) is 1.98. The summed E-state index contributed by atoms with van der Waals surface area (Å²) < 4.78 is 10.3. The molecule has 1 unspecified atom stereocenters. The monoisotopic (exact) mass is 144 g/mol. The molecule has 0 aliphatic carbocycles. The Labute approximate surface area is 62.8 Å². The van der Waals surface area contributed by atoms with E-state index in [1.807, 2.05) is 19.1 Å². The van der Waals surface area contributed by atoms with Crippen LogP contribution in [0.2, 0.25) is 0 Å². The van der Waals surface area contributed by atoms with Gasteiger partial charge in [-0.15, -0.1) is 0 Å². The molecule has 0 spiro atoms. The van der Waals surface area contributed by atoms with E-state index in [1.165, 1.54) is 0 Å². The van der Waals surface area contributed by atoms with Gasteiger partial charge in [-0.1, -0.05) is 13.0 Å². The molecule has 0 fully saturated rings. The molecule has 0 aromatic heterocycles. The highest BCUT2D eigenvalue weighted by Gasteiger charge is 1.98. The molecule has 10 heavy (non-hydrogen) atoms. The van der Waals surface area contributed by atoms with Gasteiger partial charge < -0.3 is 9.47 Å². The molecular weight excluding hydrogens is 128 g/mol. The normalized spacial score (nSPS) is 14.3. The van der Waals surface area contributed by atoms with Gasteiger partial charge >= 0.3 is 0 Å². The van der Waals surface area contributed by atoms with E-state index in [0.29, 0.717) is 0 Å². The Kier molecular flexibility index (Phi) is 6.55. The summed E-state index contributed by atoms with van der Waals surface area (Å²) in [6, 6.07) is 0. The molecule has 2 nitrogen and oxygen atoms in total. The first kappa shape index (κ1) is 9.66. The Balaban J connectivity index is 3.39. The first-order chi connectivity index (χ1) is 4.85. The van der Waals surface area contributed by atoms with Gasteiger partial charge in [0.15, 0.2) is 6.29 Å². The Morgan fingerprint density at radius 2 is 2.20 bits per heavy atom. The van der Waals surface area contributed by atoms with Gasteiger partial charge in [0.25, 0.3) is 0 Å². The van der Waals surface area contributed by atoms with E-state index in [4.69, 9.17) is 9.47 Å². The topological polar surface area (TPSA) is 18.5 Å². The van der Waals surface area contributed by atoms with Crippen LogP contribution < -0.4 is 0 Å². The van der Waals surface area contributed by atoms with Crippen molar-refractivity contribution in [2.24, 2.45) is 0 Å². The fraction of sp³-hybridized carbons (Fsp3) is 0.750. The van der Waals surface area contributed by atoms with Crippen molar-refractivity contribution >= 4 is 0 Å². The Morgan fingerprint density at radius 3 is 2.60 bits per heavy atom. The van der Waals surface area contributed by atoms with Gasteiger partial charge in [0.1, 0.15) is 0 Å². The summed E-state index contributed by atoms with van der Waals surface area (Å²) in [5.74, 6) is 0. The summed E-state index contributed by atoms with van der Waals surface area (Å²) in [5, 5.41) is 0. The predicted molar refractivity (Wildman–Crippen MR) is 41.9 cm³/mol. The van der Waals surface area contributed by atoms with Crippen molar-refractivity contribution < 1.29 is 9.47 Å². The van der Waals surface area contributed by atoms with Crippen molar-refractivity contribution in [1.29, 1.82) is 0 Å². The SMILES string of the molecule is C/C=C/C(OC)OCCC. The van der Waals surface area contributed by atoms with E-state index in [1.54, 1.807) is 7.11 Å². The van der Waals surface area contributed by atoms with Crippen molar-refractivity contribution in [3.05, 3.63) is 12.2 Å². The molecule has 0 aliphatic rings. The lowest BCUT2D eigenvalue weighted by Crippen LogP contribution is -2.12. The third-order valence-corrected chi connectivity index (χ3v) is 1.07. The molecule has 0 aromatic carbocycles. The fourth-order valence-corrected chi connectivity index (χ4v) is 0.593. The van der Waals surface area contributed by atoms with Crippen molar-refractivity contribution in [1.82, 2.24) is 0 Å². The third-order valence-electron chi connectivity index (χ3n) is 1.07. The summed E-state index contributed by atoms with van der Waals surface area (Å²) in [4.78, 5) is 0. The maximum Gasteiger partial charge on any atom is 0.176 e. The number of hydrogen-bond acceptors (Lipinski definition) is 2. The average molecular weight is 144 g/mol. The first-order valence-corrected chi connectivity index (χ1v) is 3.62. The molecule has 0 bridgehead atoms. The van der Waals surface area contributed by atoms with Gasteiger partial charge in [0.05, 0.1) is 0 Å². The van der Waals surface area contributed by atoms with Crippen LogP contribution in [0.3, 0.4) is 0 Å². The maximum absolute atomic E-state index is 5.27. The molecule has 0 aromatic rings. The second-order valence-corrected chi connectivity index (χ2v) is 2.00. The van der Waals surface area contributed by atoms with Gasteiger partial charge in [-0.05, 0) is 19.4 Å². The molecule has 1 atom stereocenters. The van der Waals surface area contributed by atoms with Crippen LogP contribution in [-0.2, 0) is 9.47 Å². The zero-order valence-corrected chi connectivity index (χ0v) is 6.96. The summed E-state index contributed by atoms with van der Waals surface area (Å²) in [6.45, 7) is 4.77. The minimum atomic E-state index is -0.162. The molecule has 0 heterocycles. The Morgan fingerprint density at radius 1 is 1.50 bits per heavy atom. The summed E-state index contributed by atoms with van der Waals surface area (Å²) in [7, 11) is 1.64. The highest BCUT2D eigenvalue weighted by Crippen LogP contribution is 1.95. The Hall–Kier alpha value is -0.340. The predicted octanol–water partition coefficient (Wildman–Crippen LogP) is 1.96. The highest BCUT2D eigenvalue weighted by molar-refractivity contribution is 4.80. The van der Waals surface area contributed by atoms with Crippen molar-refractivity contribution in [3.63, 3.8) is 0 Å². The molecule has 2 heteroatoms. The van der Waals surface area contributed by atoms with E-state index in [-0.39, 0.29) is 6.29 Å². The summed E-state index contributed by atoms with van der Waals surface area (Å²) in [6.07, 6.45) is 4.67. The lowest BCUT2D eigenvalue weighted by atomic mass is 10.5. The van der Waals surface area contributed by atoms with Crippen LogP contribution in [0.4, 0.5) is 0 Å². The van der Waals surface area contributed by atoms with E-state index in [9.17, 15) is 0 Å². The lowest BCUT2D eigenvalue weighted by Gasteiger charge is -2.10. The molecule has 0 saturated heterocycles. The second kappa shape index (κ2) is 6.78. The maximum atomic E-state index is 5.27. The number of ether oxygens (including phenoxy) is 2. The number of allylic oxidation sites excluding steroid dienone is 1. The van der Waals surface area contributed by atoms with E-state index >= 15 is 0 Å². The van der Waals surface area contributed by atoms with Crippen LogP contribution in [0, 0.1) is 0 Å². The largest absolute Gasteiger partial charge is 0.352 e. The smallest absolute Gasteiger partial charge is 0.176 e. The molecule has 0 aliphatic heterocycles. The molecule has 0 amide bonds. The lowest BCUT2D eigenvalue weighted by molar-refractivity contribution is -0.0902. The van der Waals surface area contributed by atoms with Crippen LogP contribution in [0.25, 0.3) is 0 Å². The summed E-state index contributed by atoms with van der Waals surface area (Å²) >= 11 is 0. The number of rotatable bonds is 5. The van der Waals surface area contributed by atoms with E-state index in [0.717, 1.165) is 13.0 Å². The molecule has 0 N–H and O–H groups in total. The number of methoxy groups -OCH3 is 1. The second-order valence-electron chi connectivity index (χ2n) is 2.00. The van der Waals surface area contributed by atoms with Crippen LogP contribution >= 0.6 is 0 Å². The van der Waals surface area contributed by atoms with Crippen LogP contribution in [-0.4, -0.2) is 20.0 Å². The molecule has 0 rings (SSSR count). The zero-order chi connectivity index (χ0) is 7.82. The van der Waals surface area contributed by atoms with Gasteiger partial charge in [-0.25, -0.2) is 0 Å². The minimum absolute atomic E-state index is 0.162. The van der Waals surface area contributed by atoms with E-state index < -0.39 is 0 Å². The van der Waals surface area contributed by atoms with Gasteiger partial charge in [-0.2, -0.15) is 0 Å². The van der Waals surface area contributed by atoms with Crippen LogP contribution in [0.5, 0.6) is 0 Å². The Bertz CT molecular complexity index is 89.3. The van der Waals surface area contributed by atoms with E-state index in [2.05, 4.69) is 6.92 Å². The minimum Gasteiger partial charge on any atom is -0.352 e. The summed E-state index contributed by atoms with van der Waals surface area (Å²) in [5.41, 5.74) is 0. The fourth-order valence-electron chi connectivity index (χ4n) is 0.593. The standard InChI is InChI=1S/C8H16O2/c1-4-6-8(9-3)10-7-5-2/h4,6,8H,5,7H2,1-3H3/b6-4+. The molecule has 0 radical (unpaired) electrons. The van der Waals surface area contributed by atoms with Gasteiger partial charge in [0.2, 0.25) is 0 Å².